The Hall–Kier alpha value is -0.868. The van der Waals surface area contributed by atoms with Gasteiger partial charge >= 0.3 is 5.97 Å². The number of hydrogen-bond acceptors (Lipinski definition) is 4. The van der Waals surface area contributed by atoms with Crippen LogP contribution in [-0.4, -0.2) is 51.7 Å². The van der Waals surface area contributed by atoms with Crippen molar-refractivity contribution in [2.24, 2.45) is 0 Å². The first-order valence-corrected chi connectivity index (χ1v) is 6.95. The quantitative estimate of drug-likeness (QED) is 0.521. The maximum Gasteiger partial charge on any atom is 0.335 e. The number of carbonyl (C=O) groups excluding carboxylic acids is 1. The fourth-order valence-electron chi connectivity index (χ4n) is 2.39. The van der Waals surface area contributed by atoms with Crippen molar-refractivity contribution in [3.05, 3.63) is 42.0 Å². The molecule has 2 rings (SSSR count). The average Bonchev–Trinajstić information content (AvgIpc) is 2.83. The summed E-state index contributed by atoms with van der Waals surface area (Å²) in [5.74, 6) is -0.849. The van der Waals surface area contributed by atoms with Crippen LogP contribution in [0.15, 0.2) is 24.3 Å². The maximum absolute atomic E-state index is 11.8. The van der Waals surface area contributed by atoms with E-state index in [1.165, 1.54) is 0 Å². The molecule has 0 radical (unpaired) electrons. The smallest absolute Gasteiger partial charge is 0.335 e. The number of carbonyl (C=O) groups is 2. The summed E-state index contributed by atoms with van der Waals surface area (Å²) in [7, 11) is 0. The number of aromatic carboxylic acids is 1. The fraction of sp³-hybridized carbons (Fsp3) is 0.400. The summed E-state index contributed by atoms with van der Waals surface area (Å²) in [5.41, 5.74) is 1.25. The van der Waals surface area contributed by atoms with Crippen LogP contribution in [0.25, 0.3) is 0 Å². The molecule has 0 aliphatic carbocycles. The van der Waals surface area contributed by atoms with Gasteiger partial charge in [0.05, 0.1) is 5.56 Å². The molecule has 22 heavy (non-hydrogen) atoms. The van der Waals surface area contributed by atoms with E-state index in [9.17, 15) is 9.59 Å². The molecule has 0 saturated carbocycles. The number of rotatable bonds is 7. The van der Waals surface area contributed by atoms with Gasteiger partial charge in [0.15, 0.2) is 0 Å². The second-order valence-electron chi connectivity index (χ2n) is 4.94. The molecule has 0 spiro atoms. The Morgan fingerprint density at radius 1 is 1.23 bits per heavy atom. The summed E-state index contributed by atoms with van der Waals surface area (Å²) in [5, 5.41) is 21.3. The zero-order valence-electron chi connectivity index (χ0n) is 12.2. The summed E-state index contributed by atoms with van der Waals surface area (Å²) in [4.78, 5) is 22.6. The van der Waals surface area contributed by atoms with Gasteiger partial charge < -0.3 is 10.2 Å². The van der Waals surface area contributed by atoms with Gasteiger partial charge in [0, 0.05) is 50.6 Å². The van der Waals surface area contributed by atoms with Crippen LogP contribution in [0.5, 0.6) is 0 Å². The second kappa shape index (κ2) is 9.31. The molecule has 2 N–H and O–H groups in total. The second-order valence-corrected chi connectivity index (χ2v) is 4.94. The third-order valence-electron chi connectivity index (χ3n) is 3.54. The minimum absolute atomic E-state index is 0. The average molecular weight is 529 g/mol. The molecule has 6 nitrogen and oxygen atoms in total. The number of benzene rings is 1. The summed E-state index contributed by atoms with van der Waals surface area (Å²) >= 11 is 0. The van der Waals surface area contributed by atoms with E-state index < -0.39 is 5.97 Å². The van der Waals surface area contributed by atoms with Crippen molar-refractivity contribution in [3.63, 3.8) is 0 Å². The zero-order chi connectivity index (χ0) is 15.2. The van der Waals surface area contributed by atoms with E-state index >= 15 is 0 Å². The Morgan fingerprint density at radius 2 is 1.91 bits per heavy atom. The van der Waals surface area contributed by atoms with Crippen LogP contribution in [-0.2, 0) is 11.2 Å². The summed E-state index contributed by atoms with van der Waals surface area (Å²) < 4.78 is 0. The van der Waals surface area contributed by atoms with Crippen molar-refractivity contribution in [1.29, 1.82) is 0 Å². The van der Waals surface area contributed by atoms with E-state index in [4.69, 9.17) is 10.2 Å². The van der Waals surface area contributed by atoms with Crippen molar-refractivity contribution in [2.75, 3.05) is 19.6 Å². The predicted molar refractivity (Wildman–Crippen MR) is 75.9 cm³/mol. The molecule has 7 heteroatoms. The van der Waals surface area contributed by atoms with Crippen molar-refractivity contribution in [3.8, 4) is 0 Å². The molecule has 1 amide bonds. The number of aliphatic hydroxyl groups is 1. The molecule has 118 valence electrons. The van der Waals surface area contributed by atoms with E-state index in [1.807, 2.05) is 5.01 Å². The largest absolute Gasteiger partial charge is 0.566 e. The van der Waals surface area contributed by atoms with Crippen LogP contribution in [0, 0.1) is 37.7 Å². The maximum atomic E-state index is 11.8. The molecular formula is C15H19N2O4U-. The number of hydrazine groups is 1. The molecule has 1 aromatic carbocycles. The summed E-state index contributed by atoms with van der Waals surface area (Å²) in [6.07, 6.45) is 1.70. The minimum atomic E-state index is -0.942. The van der Waals surface area contributed by atoms with Crippen LogP contribution in [0.2, 0.25) is 0 Å². The monoisotopic (exact) mass is 529 g/mol. The molecule has 1 aromatic rings. The molecule has 1 saturated heterocycles. The van der Waals surface area contributed by atoms with Gasteiger partial charge in [-0.05, 0) is 30.7 Å². The van der Waals surface area contributed by atoms with Gasteiger partial charge in [0.2, 0.25) is 5.91 Å². The van der Waals surface area contributed by atoms with Crippen molar-refractivity contribution in [1.82, 2.24) is 10.0 Å². The van der Waals surface area contributed by atoms with Crippen molar-refractivity contribution in [2.45, 2.75) is 19.3 Å². The molecule has 1 aliphatic heterocycles. The Labute approximate surface area is 153 Å². The summed E-state index contributed by atoms with van der Waals surface area (Å²) in [6.45, 7) is 2.98. The molecule has 0 aromatic heterocycles. The molecule has 1 fully saturated rings. The van der Waals surface area contributed by atoms with E-state index in [-0.39, 0.29) is 42.6 Å². The fourth-order valence-corrected chi connectivity index (χ4v) is 2.39. The first kappa shape index (κ1) is 19.2. The van der Waals surface area contributed by atoms with E-state index in [0.717, 1.165) is 12.2 Å². The number of amides is 1. The van der Waals surface area contributed by atoms with Crippen LogP contribution < -0.4 is 0 Å². The normalized spacial score (nSPS) is 15.0. The van der Waals surface area contributed by atoms with Crippen LogP contribution in [0.4, 0.5) is 0 Å². The Balaban J connectivity index is 0.00000242. The topological polar surface area (TPSA) is 81.1 Å². The molecule has 0 atom stereocenters. The Kier molecular flexibility index (Phi) is 8.12. The number of carboxylic acids is 1. The van der Waals surface area contributed by atoms with Gasteiger partial charge in [-0.3, -0.25) is 9.80 Å². The van der Waals surface area contributed by atoms with Crippen molar-refractivity contribution < 1.29 is 50.9 Å². The van der Waals surface area contributed by atoms with Crippen LogP contribution in [0.3, 0.4) is 0 Å². The third-order valence-corrected chi connectivity index (χ3v) is 3.54. The SMILES string of the molecule is O=C(O)c1ccc(CCN2C(=O)CCN2CC[CH-]O)cc1.[U]. The number of nitrogens with zero attached hydrogens (tertiary/aromatic N) is 2. The van der Waals surface area contributed by atoms with Gasteiger partial charge in [-0.2, -0.15) is 0 Å². The van der Waals surface area contributed by atoms with Gasteiger partial charge in [0.1, 0.15) is 0 Å². The third kappa shape index (κ3) is 5.10. The predicted octanol–water partition coefficient (Wildman–Crippen LogP) is 1.30. The van der Waals surface area contributed by atoms with Crippen molar-refractivity contribution >= 4 is 11.9 Å². The molecule has 1 aliphatic rings. The first-order chi connectivity index (χ1) is 10.1. The van der Waals surface area contributed by atoms with E-state index in [0.29, 0.717) is 38.9 Å². The van der Waals surface area contributed by atoms with E-state index in [1.54, 1.807) is 29.3 Å². The van der Waals surface area contributed by atoms with E-state index in [2.05, 4.69) is 0 Å². The Morgan fingerprint density at radius 3 is 2.50 bits per heavy atom. The number of hydrogen-bond donors (Lipinski definition) is 2. The minimum Gasteiger partial charge on any atom is -0.566 e. The number of carboxylic acid groups (broad SMARTS) is 1. The van der Waals surface area contributed by atoms with Gasteiger partial charge in [0.25, 0.3) is 0 Å². The first-order valence-electron chi connectivity index (χ1n) is 6.95. The molecule has 0 unspecified atom stereocenters. The zero-order valence-corrected chi connectivity index (χ0v) is 16.4. The molecular weight excluding hydrogens is 510 g/mol. The van der Waals surface area contributed by atoms with Gasteiger partial charge in [-0.15, -0.1) is 6.42 Å². The van der Waals surface area contributed by atoms with Gasteiger partial charge in [-0.25, -0.2) is 16.4 Å². The summed E-state index contributed by atoms with van der Waals surface area (Å²) in [6, 6.07) is 6.69. The Bertz CT molecular complexity index is 507. The number of aliphatic hydroxyl groups excluding tert-OH is 1. The van der Waals surface area contributed by atoms with Crippen LogP contribution >= 0.6 is 0 Å². The molecule has 0 bridgehead atoms. The van der Waals surface area contributed by atoms with Gasteiger partial charge in [-0.1, -0.05) is 12.1 Å². The van der Waals surface area contributed by atoms with Crippen LogP contribution in [0.1, 0.15) is 28.8 Å². The standard InChI is InChI=1S/C15H19N2O4.U/c18-11-1-8-16-9-7-14(19)17(16)10-6-12-2-4-13(5-3-12)15(20)21;/h2-5,11,18H,1,6-10H2,(H,20,21);/q-1;. The molecule has 1 heterocycles.